The van der Waals surface area contributed by atoms with Gasteiger partial charge in [0.15, 0.2) is 5.82 Å². The summed E-state index contributed by atoms with van der Waals surface area (Å²) >= 11 is 0. The van der Waals surface area contributed by atoms with Crippen molar-refractivity contribution in [3.05, 3.63) is 386 Å². The van der Waals surface area contributed by atoms with Gasteiger partial charge in [0.25, 0.3) is 0 Å². The van der Waals surface area contributed by atoms with Crippen molar-refractivity contribution in [2.24, 2.45) is 0 Å². The molecule has 0 radical (unpaired) electrons. The van der Waals surface area contributed by atoms with Gasteiger partial charge < -0.3 is 0 Å². The van der Waals surface area contributed by atoms with Crippen molar-refractivity contribution in [2.75, 3.05) is 0 Å². The standard InChI is InChI=1S/C54H37N.C52H35N3/c1-54(2)48-23-13-12-22-47(48)53-52(54)50(51-40-17-7-6-16-35(40)28-33-49(51)55-53)37-26-24-36(25-27-37)39-30-32-46(44-21-11-9-19-42(39)44)45-31-29-38(34-14-4-3-5-15-34)41-18-8-10-20-43(41)45;1-52(2)45-19-10-9-18-44(45)50-49(52)47(48-36-13-4-3-12-32(36)24-29-46(48)55-50)34-22-20-33(21-23-34)35-25-26-41(38-15-6-5-14-37(35)38)42-27-28-43(51-53-30-11-31-54-51)40-17-8-7-16-39(40)42/h3-33H,1-2H3;3-31H,1-2H3. The van der Waals surface area contributed by atoms with Gasteiger partial charge in [0.1, 0.15) is 0 Å². The van der Waals surface area contributed by atoms with Gasteiger partial charge in [-0.25, -0.2) is 19.9 Å². The number of hydrogen-bond donors (Lipinski definition) is 0. The molecule has 0 aliphatic heterocycles. The Labute approximate surface area is 639 Å². The van der Waals surface area contributed by atoms with E-state index in [1.807, 2.05) is 6.07 Å². The van der Waals surface area contributed by atoms with E-state index in [1.54, 1.807) is 12.4 Å². The maximum atomic E-state index is 5.40. The van der Waals surface area contributed by atoms with Crippen LogP contribution in [0.3, 0.4) is 0 Å². The van der Waals surface area contributed by atoms with Gasteiger partial charge in [-0.05, 0) is 189 Å². The molecule has 110 heavy (non-hydrogen) atoms. The van der Waals surface area contributed by atoms with Crippen molar-refractivity contribution < 1.29 is 0 Å². The average Bonchev–Trinajstić information content (AvgIpc) is 1.53. The summed E-state index contributed by atoms with van der Waals surface area (Å²) in [6.07, 6.45) is 3.61. The van der Waals surface area contributed by atoms with Crippen molar-refractivity contribution in [2.45, 2.75) is 38.5 Å². The molecule has 2 aliphatic carbocycles. The molecule has 0 saturated carbocycles. The number of aromatic nitrogens is 4. The lowest BCUT2D eigenvalue weighted by Crippen LogP contribution is -2.16. The zero-order valence-electron chi connectivity index (χ0n) is 61.4. The normalized spacial score (nSPS) is 13.1. The van der Waals surface area contributed by atoms with Crippen LogP contribution in [-0.4, -0.2) is 19.9 Å². The van der Waals surface area contributed by atoms with Crippen LogP contribution in [0.5, 0.6) is 0 Å². The van der Waals surface area contributed by atoms with Gasteiger partial charge in [-0.1, -0.05) is 355 Å². The number of fused-ring (bicyclic) bond motifs is 16. The first kappa shape index (κ1) is 64.6. The van der Waals surface area contributed by atoms with Gasteiger partial charge in [0, 0.05) is 50.7 Å². The third kappa shape index (κ3) is 10.1. The first-order chi connectivity index (χ1) is 54.1. The Balaban J connectivity index is 0.000000140. The zero-order chi connectivity index (χ0) is 73.3. The van der Waals surface area contributed by atoms with Crippen LogP contribution < -0.4 is 0 Å². The van der Waals surface area contributed by atoms with Gasteiger partial charge in [-0.3, -0.25) is 0 Å². The molecule has 4 heteroatoms. The highest BCUT2D eigenvalue weighted by molar-refractivity contribution is 6.19. The maximum absolute atomic E-state index is 5.40. The Kier molecular flexibility index (Phi) is 14.9. The van der Waals surface area contributed by atoms with E-state index in [-0.39, 0.29) is 10.8 Å². The lowest BCUT2D eigenvalue weighted by atomic mass is 9.78. The van der Waals surface area contributed by atoms with E-state index in [4.69, 9.17) is 9.97 Å². The minimum absolute atomic E-state index is 0.201. The summed E-state index contributed by atoms with van der Waals surface area (Å²) < 4.78 is 0. The Hall–Kier alpha value is -13.8. The smallest absolute Gasteiger partial charge is 0.159 e. The van der Waals surface area contributed by atoms with Crippen molar-refractivity contribution in [3.8, 4) is 112 Å². The van der Waals surface area contributed by atoms with E-state index in [1.165, 1.54) is 181 Å². The summed E-state index contributed by atoms with van der Waals surface area (Å²) in [7, 11) is 0. The Bertz CT molecular complexity index is 6750. The highest BCUT2D eigenvalue weighted by Gasteiger charge is 2.42. The number of nitrogens with zero attached hydrogens (tertiary/aromatic N) is 4. The minimum atomic E-state index is -0.208. The highest BCUT2D eigenvalue weighted by atomic mass is 14.9. The van der Waals surface area contributed by atoms with Crippen LogP contribution in [0, 0.1) is 0 Å². The van der Waals surface area contributed by atoms with Crippen molar-refractivity contribution >= 4 is 86.4 Å². The molecule has 2 aliphatic rings. The molecule has 4 nitrogen and oxygen atoms in total. The second-order valence-electron chi connectivity index (χ2n) is 30.5. The molecule has 516 valence electrons. The first-order valence-electron chi connectivity index (χ1n) is 38.2. The molecule has 17 aromatic carbocycles. The van der Waals surface area contributed by atoms with Crippen LogP contribution in [0.15, 0.2) is 364 Å². The number of pyridine rings is 2. The second kappa shape index (κ2) is 25.4. The third-order valence-corrected chi connectivity index (χ3v) is 23.9. The van der Waals surface area contributed by atoms with Gasteiger partial charge in [-0.15, -0.1) is 0 Å². The zero-order valence-corrected chi connectivity index (χ0v) is 61.4. The molecule has 0 fully saturated rings. The lowest BCUT2D eigenvalue weighted by molar-refractivity contribution is 0.661. The number of hydrogen-bond acceptors (Lipinski definition) is 4. The Morgan fingerprint density at radius 3 is 0.891 bits per heavy atom. The summed E-state index contributed by atoms with van der Waals surface area (Å²) in [6, 6.07) is 128. The predicted molar refractivity (Wildman–Crippen MR) is 463 cm³/mol. The fraction of sp³-hybridized carbons (Fsp3) is 0.0566. The Morgan fingerprint density at radius 1 is 0.209 bits per heavy atom. The largest absolute Gasteiger partial charge is 0.247 e. The summed E-state index contributed by atoms with van der Waals surface area (Å²) in [5.41, 5.74) is 29.9. The number of rotatable bonds is 8. The SMILES string of the molecule is CC1(C)c2ccccc2-c2nc3ccc4ccccc4c3c(-c3ccc(-c4ccc(-c5ccc(-c6ccccc6)c6ccccc56)c5ccccc45)cc3)c21.CC1(C)c2ccccc2-c2nc3ccc4ccccc4c3c(-c3ccc(-c4ccc(-c5ccc(-c6ncccn6)c6ccccc56)c5ccccc45)cc3)c21. The molecule has 0 atom stereocenters. The Morgan fingerprint density at radius 2 is 0.500 bits per heavy atom. The van der Waals surface area contributed by atoms with Gasteiger partial charge >= 0.3 is 0 Å². The van der Waals surface area contributed by atoms with Gasteiger partial charge in [-0.2, -0.15) is 0 Å². The summed E-state index contributed by atoms with van der Waals surface area (Å²) in [5, 5.41) is 17.2. The fourth-order valence-electron chi connectivity index (χ4n) is 18.8. The molecule has 3 aromatic heterocycles. The van der Waals surface area contributed by atoms with Crippen LogP contribution >= 0.6 is 0 Å². The lowest BCUT2D eigenvalue weighted by Gasteiger charge is -2.26. The van der Waals surface area contributed by atoms with Crippen LogP contribution in [0.1, 0.15) is 49.9 Å². The van der Waals surface area contributed by atoms with Crippen molar-refractivity contribution in [1.29, 1.82) is 0 Å². The van der Waals surface area contributed by atoms with Crippen molar-refractivity contribution in [1.82, 2.24) is 19.9 Å². The molecule has 3 heterocycles. The van der Waals surface area contributed by atoms with Crippen LogP contribution in [0.4, 0.5) is 0 Å². The molecule has 0 bridgehead atoms. The predicted octanol–water partition coefficient (Wildman–Crippen LogP) is 28.1. The van der Waals surface area contributed by atoms with E-state index < -0.39 is 0 Å². The monoisotopic (exact) mass is 1400 g/mol. The molecule has 22 rings (SSSR count). The molecule has 0 unspecified atom stereocenters. The van der Waals surface area contributed by atoms with E-state index >= 15 is 0 Å². The molecule has 0 amide bonds. The minimum Gasteiger partial charge on any atom is -0.247 e. The van der Waals surface area contributed by atoms with Crippen LogP contribution in [0.2, 0.25) is 0 Å². The molecule has 0 saturated heterocycles. The van der Waals surface area contributed by atoms with E-state index in [2.05, 4.69) is 383 Å². The summed E-state index contributed by atoms with van der Waals surface area (Å²) in [5.74, 6) is 0.736. The maximum Gasteiger partial charge on any atom is 0.159 e. The van der Waals surface area contributed by atoms with E-state index in [0.29, 0.717) is 0 Å². The molecular weight excluding hydrogens is 1330 g/mol. The second-order valence-corrected chi connectivity index (χ2v) is 30.5. The van der Waals surface area contributed by atoms with Gasteiger partial charge in [0.05, 0.1) is 22.4 Å². The molecule has 20 aromatic rings. The van der Waals surface area contributed by atoms with Crippen LogP contribution in [-0.2, 0) is 10.8 Å². The van der Waals surface area contributed by atoms with Gasteiger partial charge in [0.2, 0.25) is 0 Å². The highest BCUT2D eigenvalue weighted by Crippen LogP contribution is 2.57. The quantitative estimate of drug-likeness (QED) is 0.142. The summed E-state index contributed by atoms with van der Waals surface area (Å²) in [4.78, 5) is 19.9. The fourth-order valence-corrected chi connectivity index (χ4v) is 18.8. The topological polar surface area (TPSA) is 51.6 Å². The molecular formula is C106H72N4. The molecule has 0 spiro atoms. The average molecular weight is 1400 g/mol. The first-order valence-corrected chi connectivity index (χ1v) is 38.2. The van der Waals surface area contributed by atoms with E-state index in [0.717, 1.165) is 39.2 Å². The van der Waals surface area contributed by atoms with E-state index in [9.17, 15) is 0 Å². The third-order valence-electron chi connectivity index (χ3n) is 23.9. The number of benzene rings is 17. The summed E-state index contributed by atoms with van der Waals surface area (Å²) in [6.45, 7) is 9.43. The molecule has 0 N–H and O–H groups in total. The van der Waals surface area contributed by atoms with Crippen LogP contribution in [0.25, 0.3) is 198 Å². The van der Waals surface area contributed by atoms with Crippen molar-refractivity contribution in [3.63, 3.8) is 0 Å².